The van der Waals surface area contributed by atoms with E-state index < -0.39 is 0 Å². The summed E-state index contributed by atoms with van der Waals surface area (Å²) in [6, 6.07) is 1.83. The lowest BCUT2D eigenvalue weighted by molar-refractivity contribution is 0.347. The molecule has 0 spiro atoms. The largest absolute Gasteiger partial charge is 0.493 e. The highest BCUT2D eigenvalue weighted by molar-refractivity contribution is 5.42. The van der Waals surface area contributed by atoms with Gasteiger partial charge in [0.05, 0.1) is 26.0 Å². The third-order valence-corrected chi connectivity index (χ3v) is 2.66. The minimum atomic E-state index is 0.0627. The van der Waals surface area contributed by atoms with E-state index >= 15 is 0 Å². The van der Waals surface area contributed by atoms with Crippen molar-refractivity contribution in [3.63, 3.8) is 0 Å². The molecular formula is C14H20N2O2. The van der Waals surface area contributed by atoms with Gasteiger partial charge in [0.25, 0.3) is 0 Å². The van der Waals surface area contributed by atoms with Gasteiger partial charge in [0.2, 0.25) is 0 Å². The molecule has 4 nitrogen and oxygen atoms in total. The van der Waals surface area contributed by atoms with E-state index in [4.69, 9.17) is 15.9 Å². The molecule has 0 aliphatic heterocycles. The molecule has 0 saturated heterocycles. The maximum absolute atomic E-state index is 5.46. The van der Waals surface area contributed by atoms with E-state index in [0.717, 1.165) is 18.5 Å². The molecule has 0 fully saturated rings. The van der Waals surface area contributed by atoms with Crippen molar-refractivity contribution in [3.05, 3.63) is 18.0 Å². The molecule has 1 N–H and O–H groups in total. The van der Waals surface area contributed by atoms with E-state index in [9.17, 15) is 0 Å². The van der Waals surface area contributed by atoms with Crippen LogP contribution in [0.4, 0.5) is 0 Å². The Morgan fingerprint density at radius 3 is 2.78 bits per heavy atom. The molecule has 1 atom stereocenters. The van der Waals surface area contributed by atoms with Crippen molar-refractivity contribution < 1.29 is 9.47 Å². The number of nitrogens with zero attached hydrogens (tertiary/aromatic N) is 1. The summed E-state index contributed by atoms with van der Waals surface area (Å²) in [6.45, 7) is 2.67. The Balaban J connectivity index is 2.75. The number of ether oxygens (including phenoxy) is 2. The monoisotopic (exact) mass is 248 g/mol. The number of hydrogen-bond acceptors (Lipinski definition) is 4. The van der Waals surface area contributed by atoms with Crippen molar-refractivity contribution in [3.8, 4) is 23.8 Å². The summed E-state index contributed by atoms with van der Waals surface area (Å²) in [5.41, 5.74) is 0.799. The second-order valence-corrected chi connectivity index (χ2v) is 3.88. The average molecular weight is 248 g/mol. The molecule has 0 aliphatic rings. The zero-order valence-electron chi connectivity index (χ0n) is 11.2. The molecule has 1 unspecified atom stereocenters. The highest BCUT2D eigenvalue weighted by atomic mass is 16.5. The molecule has 1 heterocycles. The number of nitrogens with one attached hydrogen (secondary N) is 1. The van der Waals surface area contributed by atoms with Gasteiger partial charge < -0.3 is 9.47 Å². The Bertz CT molecular complexity index is 413. The molecule has 0 aliphatic carbocycles. The van der Waals surface area contributed by atoms with Crippen LogP contribution in [0.5, 0.6) is 11.5 Å². The second-order valence-electron chi connectivity index (χ2n) is 3.88. The van der Waals surface area contributed by atoms with Gasteiger partial charge in [-0.3, -0.25) is 10.3 Å². The first-order valence-corrected chi connectivity index (χ1v) is 6.02. The molecule has 1 aromatic rings. The van der Waals surface area contributed by atoms with E-state index in [1.807, 2.05) is 0 Å². The number of pyridine rings is 1. The smallest absolute Gasteiger partial charge is 0.183 e. The Labute approximate surface area is 109 Å². The van der Waals surface area contributed by atoms with E-state index in [0.29, 0.717) is 18.0 Å². The highest BCUT2D eigenvalue weighted by Crippen LogP contribution is 2.28. The molecule has 0 radical (unpaired) electrons. The summed E-state index contributed by atoms with van der Waals surface area (Å²) in [4.78, 5) is 4.29. The van der Waals surface area contributed by atoms with Crippen LogP contribution < -0.4 is 14.8 Å². The Hall–Kier alpha value is -1.73. The third-order valence-electron chi connectivity index (χ3n) is 2.66. The van der Waals surface area contributed by atoms with Crippen LogP contribution in [-0.4, -0.2) is 25.2 Å². The molecule has 98 valence electrons. The molecule has 0 aromatic carbocycles. The number of methoxy groups -OCH3 is 2. The summed E-state index contributed by atoms with van der Waals surface area (Å²) in [5, 5.41) is 3.28. The number of aromatic nitrogens is 1. The van der Waals surface area contributed by atoms with Gasteiger partial charge >= 0.3 is 0 Å². The molecular weight excluding hydrogens is 228 g/mol. The predicted molar refractivity (Wildman–Crippen MR) is 71.7 cm³/mol. The summed E-state index contributed by atoms with van der Waals surface area (Å²) in [5.74, 6) is 4.06. The van der Waals surface area contributed by atoms with E-state index in [1.165, 1.54) is 0 Å². The van der Waals surface area contributed by atoms with Crippen molar-refractivity contribution in [1.82, 2.24) is 10.3 Å². The van der Waals surface area contributed by atoms with Crippen molar-refractivity contribution >= 4 is 0 Å². The van der Waals surface area contributed by atoms with Crippen LogP contribution in [0.3, 0.4) is 0 Å². The second kappa shape index (κ2) is 7.57. The topological polar surface area (TPSA) is 43.4 Å². The van der Waals surface area contributed by atoms with Gasteiger partial charge in [-0.25, -0.2) is 0 Å². The van der Waals surface area contributed by atoms with Gasteiger partial charge in [-0.2, -0.15) is 0 Å². The van der Waals surface area contributed by atoms with Crippen molar-refractivity contribution in [1.29, 1.82) is 0 Å². The van der Waals surface area contributed by atoms with E-state index in [2.05, 4.69) is 23.1 Å². The molecule has 0 saturated carbocycles. The molecule has 0 bridgehead atoms. The van der Waals surface area contributed by atoms with Crippen LogP contribution in [0, 0.1) is 12.3 Å². The van der Waals surface area contributed by atoms with Gasteiger partial charge in [0.1, 0.15) is 0 Å². The standard InChI is InChI=1S/C14H20N2O2/c1-5-7-11(6-2)16-10-12-14(18-4)13(17-3)8-9-15-12/h2,8-9,11,16H,5,7,10H2,1,3-4H3. The van der Waals surface area contributed by atoms with Gasteiger partial charge in [-0.05, 0) is 6.42 Å². The third kappa shape index (κ3) is 3.64. The Morgan fingerprint density at radius 1 is 1.44 bits per heavy atom. The fraction of sp³-hybridized carbons (Fsp3) is 0.500. The Kier molecular flexibility index (Phi) is 6.03. The molecule has 1 aromatic heterocycles. The normalized spacial score (nSPS) is 11.7. The van der Waals surface area contributed by atoms with Crippen LogP contribution in [0.2, 0.25) is 0 Å². The van der Waals surface area contributed by atoms with Gasteiger partial charge in [0, 0.05) is 18.8 Å². The zero-order valence-corrected chi connectivity index (χ0v) is 11.2. The Morgan fingerprint density at radius 2 is 2.22 bits per heavy atom. The maximum atomic E-state index is 5.46. The van der Waals surface area contributed by atoms with Crippen LogP contribution in [0.25, 0.3) is 0 Å². The van der Waals surface area contributed by atoms with Crippen LogP contribution in [-0.2, 0) is 6.54 Å². The first-order valence-electron chi connectivity index (χ1n) is 6.02. The van der Waals surface area contributed by atoms with E-state index in [1.54, 1.807) is 26.5 Å². The quantitative estimate of drug-likeness (QED) is 0.749. The lowest BCUT2D eigenvalue weighted by Gasteiger charge is -2.15. The predicted octanol–water partition coefficient (Wildman–Crippen LogP) is 1.99. The first kappa shape index (κ1) is 14.3. The fourth-order valence-electron chi connectivity index (χ4n) is 1.73. The lowest BCUT2D eigenvalue weighted by Crippen LogP contribution is -2.27. The summed E-state index contributed by atoms with van der Waals surface area (Å²) in [6.07, 6.45) is 9.15. The van der Waals surface area contributed by atoms with Crippen molar-refractivity contribution in [2.24, 2.45) is 0 Å². The SMILES string of the molecule is C#CC(CCC)NCc1nccc(OC)c1OC. The van der Waals surface area contributed by atoms with E-state index in [-0.39, 0.29) is 6.04 Å². The van der Waals surface area contributed by atoms with Crippen LogP contribution >= 0.6 is 0 Å². The molecule has 0 amide bonds. The molecule has 4 heteroatoms. The van der Waals surface area contributed by atoms with Gasteiger partial charge in [-0.1, -0.05) is 19.3 Å². The van der Waals surface area contributed by atoms with Gasteiger partial charge in [0.15, 0.2) is 11.5 Å². The van der Waals surface area contributed by atoms with Crippen molar-refractivity contribution in [2.75, 3.05) is 14.2 Å². The van der Waals surface area contributed by atoms with Crippen LogP contribution in [0.1, 0.15) is 25.5 Å². The maximum Gasteiger partial charge on any atom is 0.183 e. The molecule has 1 rings (SSSR count). The summed E-state index contributed by atoms with van der Waals surface area (Å²) < 4.78 is 10.5. The zero-order chi connectivity index (χ0) is 13.4. The van der Waals surface area contributed by atoms with Gasteiger partial charge in [-0.15, -0.1) is 6.42 Å². The minimum Gasteiger partial charge on any atom is -0.493 e. The summed E-state index contributed by atoms with van der Waals surface area (Å²) in [7, 11) is 3.21. The number of hydrogen-bond donors (Lipinski definition) is 1. The number of terminal acetylenes is 1. The molecule has 18 heavy (non-hydrogen) atoms. The highest BCUT2D eigenvalue weighted by Gasteiger charge is 2.12. The van der Waals surface area contributed by atoms with Crippen LogP contribution in [0.15, 0.2) is 12.3 Å². The minimum absolute atomic E-state index is 0.0627. The fourth-order valence-corrected chi connectivity index (χ4v) is 1.73. The number of rotatable bonds is 7. The summed E-state index contributed by atoms with van der Waals surface area (Å²) >= 11 is 0. The first-order chi connectivity index (χ1) is 8.76. The average Bonchev–Trinajstić information content (AvgIpc) is 2.42. The lowest BCUT2D eigenvalue weighted by atomic mass is 10.1. The van der Waals surface area contributed by atoms with Crippen molar-refractivity contribution in [2.45, 2.75) is 32.4 Å².